The molecule has 0 saturated heterocycles. The zero-order chi connectivity index (χ0) is 11.3. The van der Waals surface area contributed by atoms with Crippen LogP contribution in [-0.4, -0.2) is 11.5 Å². The minimum absolute atomic E-state index is 0.249. The van der Waals surface area contributed by atoms with E-state index in [-0.39, 0.29) is 6.04 Å². The van der Waals surface area contributed by atoms with E-state index in [0.29, 0.717) is 5.92 Å². The number of rotatable bonds is 5. The van der Waals surface area contributed by atoms with E-state index in [1.54, 1.807) is 6.20 Å². The van der Waals surface area contributed by atoms with Crippen molar-refractivity contribution in [2.45, 2.75) is 33.2 Å². The maximum atomic E-state index is 6.14. The second kappa shape index (κ2) is 6.09. The van der Waals surface area contributed by atoms with Crippen molar-refractivity contribution in [1.82, 2.24) is 10.3 Å². The molecule has 1 unspecified atom stereocenters. The Bertz CT molecular complexity index is 299. The second-order valence-corrected chi connectivity index (χ2v) is 4.45. The van der Waals surface area contributed by atoms with Crippen molar-refractivity contribution < 1.29 is 0 Å². The molecular formula is C12H19ClN2. The molecule has 0 aliphatic carbocycles. The lowest BCUT2D eigenvalue weighted by Gasteiger charge is -2.22. The third kappa shape index (κ3) is 3.47. The summed E-state index contributed by atoms with van der Waals surface area (Å²) in [6, 6.07) is 4.01. The SMILES string of the molecule is CCCNC(c1ncccc1Cl)C(C)C. The molecule has 1 heterocycles. The molecule has 0 fully saturated rings. The molecule has 1 atom stereocenters. The van der Waals surface area contributed by atoms with Crippen LogP contribution in [0.4, 0.5) is 0 Å². The summed E-state index contributed by atoms with van der Waals surface area (Å²) >= 11 is 6.14. The van der Waals surface area contributed by atoms with Crippen LogP contribution in [0, 0.1) is 5.92 Å². The van der Waals surface area contributed by atoms with Gasteiger partial charge in [-0.15, -0.1) is 0 Å². The molecule has 0 spiro atoms. The van der Waals surface area contributed by atoms with Crippen LogP contribution in [0.1, 0.15) is 38.9 Å². The average Bonchev–Trinajstić information content (AvgIpc) is 2.20. The highest BCUT2D eigenvalue weighted by Crippen LogP contribution is 2.25. The molecule has 1 aromatic rings. The zero-order valence-corrected chi connectivity index (χ0v) is 10.4. The third-order valence-corrected chi connectivity index (χ3v) is 2.68. The van der Waals surface area contributed by atoms with Crippen molar-refractivity contribution in [3.8, 4) is 0 Å². The minimum atomic E-state index is 0.249. The lowest BCUT2D eigenvalue weighted by molar-refractivity contribution is 0.404. The molecule has 3 heteroatoms. The number of aromatic nitrogens is 1. The van der Waals surface area contributed by atoms with Crippen molar-refractivity contribution in [2.24, 2.45) is 5.92 Å². The Morgan fingerprint density at radius 2 is 2.20 bits per heavy atom. The molecule has 1 rings (SSSR count). The van der Waals surface area contributed by atoms with E-state index in [1.165, 1.54) is 0 Å². The van der Waals surface area contributed by atoms with Crippen LogP contribution in [0.25, 0.3) is 0 Å². The summed E-state index contributed by atoms with van der Waals surface area (Å²) in [5, 5.41) is 4.23. The van der Waals surface area contributed by atoms with E-state index in [2.05, 4.69) is 31.1 Å². The fourth-order valence-corrected chi connectivity index (χ4v) is 1.81. The van der Waals surface area contributed by atoms with Crippen molar-refractivity contribution in [1.29, 1.82) is 0 Å². The van der Waals surface area contributed by atoms with Crippen LogP contribution in [0.15, 0.2) is 18.3 Å². The van der Waals surface area contributed by atoms with Crippen LogP contribution in [0.2, 0.25) is 5.02 Å². The quantitative estimate of drug-likeness (QED) is 0.832. The fraction of sp³-hybridized carbons (Fsp3) is 0.583. The molecule has 15 heavy (non-hydrogen) atoms. The molecule has 0 saturated carbocycles. The molecule has 0 aromatic carbocycles. The predicted octanol–water partition coefficient (Wildman–Crippen LogP) is 3.43. The van der Waals surface area contributed by atoms with Gasteiger partial charge in [-0.1, -0.05) is 32.4 Å². The lowest BCUT2D eigenvalue weighted by Crippen LogP contribution is -2.27. The van der Waals surface area contributed by atoms with Gasteiger partial charge < -0.3 is 5.32 Å². The van der Waals surface area contributed by atoms with Gasteiger partial charge in [-0.2, -0.15) is 0 Å². The Balaban J connectivity index is 2.84. The standard InChI is InChI=1S/C12H19ClN2/c1-4-7-14-11(9(2)3)12-10(13)6-5-8-15-12/h5-6,8-9,11,14H,4,7H2,1-3H3. The van der Waals surface area contributed by atoms with Gasteiger partial charge in [0.25, 0.3) is 0 Å². The smallest absolute Gasteiger partial charge is 0.0761 e. The third-order valence-electron chi connectivity index (χ3n) is 2.36. The van der Waals surface area contributed by atoms with Gasteiger partial charge in [-0.05, 0) is 31.0 Å². The normalized spacial score (nSPS) is 13.1. The van der Waals surface area contributed by atoms with Gasteiger partial charge in [0.2, 0.25) is 0 Å². The number of halogens is 1. The van der Waals surface area contributed by atoms with Crippen LogP contribution >= 0.6 is 11.6 Å². The molecule has 84 valence electrons. The maximum Gasteiger partial charge on any atom is 0.0761 e. The first-order valence-corrected chi connectivity index (χ1v) is 5.88. The highest BCUT2D eigenvalue weighted by atomic mass is 35.5. The summed E-state index contributed by atoms with van der Waals surface area (Å²) in [5.74, 6) is 0.490. The monoisotopic (exact) mass is 226 g/mol. The number of hydrogen-bond acceptors (Lipinski definition) is 2. The van der Waals surface area contributed by atoms with E-state index in [4.69, 9.17) is 11.6 Å². The Labute approximate surface area is 97.1 Å². The van der Waals surface area contributed by atoms with Gasteiger partial charge >= 0.3 is 0 Å². The summed E-state index contributed by atoms with van der Waals surface area (Å²) in [5.41, 5.74) is 0.961. The van der Waals surface area contributed by atoms with Crippen molar-refractivity contribution in [3.63, 3.8) is 0 Å². The average molecular weight is 227 g/mol. The summed E-state index contributed by atoms with van der Waals surface area (Å²) in [6.45, 7) is 7.51. The van der Waals surface area contributed by atoms with E-state index in [0.717, 1.165) is 23.7 Å². The summed E-state index contributed by atoms with van der Waals surface area (Å²) in [4.78, 5) is 4.36. The molecular weight excluding hydrogens is 208 g/mol. The topological polar surface area (TPSA) is 24.9 Å². The van der Waals surface area contributed by atoms with E-state index in [9.17, 15) is 0 Å². The maximum absolute atomic E-state index is 6.14. The van der Waals surface area contributed by atoms with Crippen LogP contribution in [0.3, 0.4) is 0 Å². The Morgan fingerprint density at radius 3 is 2.73 bits per heavy atom. The fourth-order valence-electron chi connectivity index (χ4n) is 1.57. The van der Waals surface area contributed by atoms with Crippen LogP contribution < -0.4 is 5.32 Å². The minimum Gasteiger partial charge on any atom is -0.308 e. The summed E-state index contributed by atoms with van der Waals surface area (Å²) in [7, 11) is 0. The first kappa shape index (κ1) is 12.5. The Hall–Kier alpha value is -0.600. The van der Waals surface area contributed by atoms with E-state index >= 15 is 0 Å². The highest BCUT2D eigenvalue weighted by Gasteiger charge is 2.18. The van der Waals surface area contributed by atoms with Gasteiger partial charge in [-0.25, -0.2) is 0 Å². The van der Waals surface area contributed by atoms with Crippen LogP contribution in [0.5, 0.6) is 0 Å². The van der Waals surface area contributed by atoms with Gasteiger partial charge in [-0.3, -0.25) is 4.98 Å². The largest absolute Gasteiger partial charge is 0.308 e. The molecule has 0 radical (unpaired) electrons. The molecule has 0 amide bonds. The first-order chi connectivity index (χ1) is 7.16. The molecule has 0 bridgehead atoms. The van der Waals surface area contributed by atoms with E-state index in [1.807, 2.05) is 12.1 Å². The second-order valence-electron chi connectivity index (χ2n) is 4.05. The van der Waals surface area contributed by atoms with Gasteiger partial charge in [0.15, 0.2) is 0 Å². The highest BCUT2D eigenvalue weighted by molar-refractivity contribution is 6.31. The van der Waals surface area contributed by atoms with E-state index < -0.39 is 0 Å². The van der Waals surface area contributed by atoms with Gasteiger partial charge in [0.1, 0.15) is 0 Å². The number of nitrogens with zero attached hydrogens (tertiary/aromatic N) is 1. The number of nitrogens with one attached hydrogen (secondary N) is 1. The lowest BCUT2D eigenvalue weighted by atomic mass is 10.00. The number of hydrogen-bond donors (Lipinski definition) is 1. The van der Waals surface area contributed by atoms with Gasteiger partial charge in [0, 0.05) is 6.20 Å². The molecule has 1 N–H and O–H groups in total. The molecule has 0 aliphatic rings. The van der Waals surface area contributed by atoms with Gasteiger partial charge in [0.05, 0.1) is 16.8 Å². The molecule has 1 aromatic heterocycles. The predicted molar refractivity (Wildman–Crippen MR) is 65.1 cm³/mol. The van der Waals surface area contributed by atoms with Crippen molar-refractivity contribution >= 4 is 11.6 Å². The number of pyridine rings is 1. The van der Waals surface area contributed by atoms with Crippen molar-refractivity contribution in [2.75, 3.05) is 6.54 Å². The molecule has 0 aliphatic heterocycles. The zero-order valence-electron chi connectivity index (χ0n) is 9.63. The first-order valence-electron chi connectivity index (χ1n) is 5.50. The Kier molecular flexibility index (Phi) is 5.06. The summed E-state index contributed by atoms with van der Waals surface area (Å²) < 4.78 is 0. The molecule has 2 nitrogen and oxygen atoms in total. The van der Waals surface area contributed by atoms with Crippen LogP contribution in [-0.2, 0) is 0 Å². The summed E-state index contributed by atoms with van der Waals surface area (Å²) in [6.07, 6.45) is 2.91. The Morgan fingerprint density at radius 1 is 1.47 bits per heavy atom. The van der Waals surface area contributed by atoms with Crippen molar-refractivity contribution in [3.05, 3.63) is 29.0 Å².